The van der Waals surface area contributed by atoms with Gasteiger partial charge in [0.2, 0.25) is 5.91 Å². The van der Waals surface area contributed by atoms with Crippen LogP contribution >= 0.6 is 0 Å². The molecule has 1 aromatic heterocycles. The molecule has 0 saturated carbocycles. The molecule has 3 rings (SSSR count). The Morgan fingerprint density at radius 1 is 1.26 bits per heavy atom. The van der Waals surface area contributed by atoms with Gasteiger partial charge in [0.15, 0.2) is 11.5 Å². The number of amides is 1. The molecule has 162 valence electrons. The zero-order valence-corrected chi connectivity index (χ0v) is 17.3. The molecule has 0 fully saturated rings. The molecule has 0 aliphatic heterocycles. The number of aromatic hydroxyl groups is 2. The summed E-state index contributed by atoms with van der Waals surface area (Å²) < 4.78 is 5.43. The van der Waals surface area contributed by atoms with Crippen LogP contribution in [0.15, 0.2) is 42.6 Å². The second-order valence-corrected chi connectivity index (χ2v) is 7.25. The summed E-state index contributed by atoms with van der Waals surface area (Å²) in [4.78, 5) is 27.8. The van der Waals surface area contributed by atoms with Gasteiger partial charge < -0.3 is 20.3 Å². The summed E-state index contributed by atoms with van der Waals surface area (Å²) in [5.41, 5.74) is 0.387. The van der Waals surface area contributed by atoms with E-state index in [0.29, 0.717) is 12.2 Å². The molecule has 0 aliphatic rings. The maximum atomic E-state index is 12.5. The highest BCUT2D eigenvalue weighted by Gasteiger charge is 2.28. The van der Waals surface area contributed by atoms with Crippen LogP contribution in [0.4, 0.5) is 5.69 Å². The predicted molar refractivity (Wildman–Crippen MR) is 114 cm³/mol. The van der Waals surface area contributed by atoms with Gasteiger partial charge in [0.1, 0.15) is 11.3 Å². The zero-order valence-electron chi connectivity index (χ0n) is 17.3. The number of fused-ring (bicyclic) bond motifs is 1. The zero-order chi connectivity index (χ0) is 22.7. The molecular weight excluding hydrogens is 402 g/mol. The Morgan fingerprint density at radius 2 is 2.00 bits per heavy atom. The second-order valence-electron chi connectivity index (χ2n) is 7.25. The molecule has 1 heterocycles. The van der Waals surface area contributed by atoms with Crippen LogP contribution in [0.3, 0.4) is 0 Å². The van der Waals surface area contributed by atoms with E-state index in [0.717, 1.165) is 0 Å². The summed E-state index contributed by atoms with van der Waals surface area (Å²) in [5.74, 6) is -0.867. The highest BCUT2D eigenvalue weighted by Crippen LogP contribution is 2.41. The van der Waals surface area contributed by atoms with Crippen molar-refractivity contribution in [2.45, 2.75) is 26.8 Å². The molecular formula is C22H23N3O6. The normalized spacial score (nSPS) is 12.0. The van der Waals surface area contributed by atoms with Crippen molar-refractivity contribution in [3.05, 3.63) is 63.8 Å². The minimum Gasteiger partial charge on any atom is -0.505 e. The van der Waals surface area contributed by atoms with Gasteiger partial charge in [-0.2, -0.15) is 0 Å². The first-order valence-corrected chi connectivity index (χ1v) is 9.75. The van der Waals surface area contributed by atoms with Gasteiger partial charge in [0.05, 0.1) is 23.0 Å². The third-order valence-electron chi connectivity index (χ3n) is 4.81. The largest absolute Gasteiger partial charge is 0.505 e. The Kier molecular flexibility index (Phi) is 6.24. The molecule has 0 aliphatic carbocycles. The van der Waals surface area contributed by atoms with E-state index >= 15 is 0 Å². The number of pyridine rings is 1. The van der Waals surface area contributed by atoms with Crippen LogP contribution in [0, 0.1) is 16.0 Å². The van der Waals surface area contributed by atoms with E-state index in [-0.39, 0.29) is 51.2 Å². The SMILES string of the molecule is CCOc1cc([C@@H](NC(=O)C(C)C)c2cc([N+](=O)[O-])c3cccnc3c2O)ccc1O. The molecule has 2 aromatic carbocycles. The van der Waals surface area contributed by atoms with Crippen molar-refractivity contribution in [2.75, 3.05) is 6.61 Å². The fraction of sp³-hybridized carbons (Fsp3) is 0.273. The topological polar surface area (TPSA) is 135 Å². The van der Waals surface area contributed by atoms with Crippen LogP contribution in [-0.2, 0) is 4.79 Å². The van der Waals surface area contributed by atoms with E-state index in [1.165, 1.54) is 30.5 Å². The quantitative estimate of drug-likeness (QED) is 0.387. The molecule has 3 N–H and O–H groups in total. The number of phenolic OH excluding ortho intramolecular Hbond substituents is 2. The molecule has 0 saturated heterocycles. The molecule has 1 amide bonds. The van der Waals surface area contributed by atoms with Crippen molar-refractivity contribution in [3.8, 4) is 17.2 Å². The summed E-state index contributed by atoms with van der Waals surface area (Å²) in [6.45, 7) is 5.48. The summed E-state index contributed by atoms with van der Waals surface area (Å²) >= 11 is 0. The number of aromatic nitrogens is 1. The lowest BCUT2D eigenvalue weighted by molar-refractivity contribution is -0.383. The Morgan fingerprint density at radius 3 is 2.65 bits per heavy atom. The van der Waals surface area contributed by atoms with E-state index < -0.39 is 11.0 Å². The summed E-state index contributed by atoms with van der Waals surface area (Å²) in [7, 11) is 0. The Hall–Kier alpha value is -3.88. The minimum atomic E-state index is -0.945. The Bertz CT molecular complexity index is 1150. The van der Waals surface area contributed by atoms with E-state index in [2.05, 4.69) is 10.3 Å². The number of benzene rings is 2. The van der Waals surface area contributed by atoms with Crippen molar-refractivity contribution in [1.29, 1.82) is 0 Å². The molecule has 0 bridgehead atoms. The van der Waals surface area contributed by atoms with Crippen molar-refractivity contribution >= 4 is 22.5 Å². The average Bonchev–Trinajstić information content (AvgIpc) is 2.74. The smallest absolute Gasteiger partial charge is 0.279 e. The number of carbonyl (C=O) groups is 1. The fourth-order valence-corrected chi connectivity index (χ4v) is 3.23. The van der Waals surface area contributed by atoms with Gasteiger partial charge in [-0.1, -0.05) is 19.9 Å². The number of non-ortho nitro benzene ring substituents is 1. The van der Waals surface area contributed by atoms with Crippen LogP contribution < -0.4 is 10.1 Å². The van der Waals surface area contributed by atoms with E-state index in [1.54, 1.807) is 32.9 Å². The molecule has 9 heteroatoms. The first-order chi connectivity index (χ1) is 14.7. The number of carbonyl (C=O) groups excluding carboxylic acids is 1. The number of hydrogen-bond acceptors (Lipinski definition) is 7. The Balaban J connectivity index is 2.27. The third-order valence-corrected chi connectivity index (χ3v) is 4.81. The lowest BCUT2D eigenvalue weighted by atomic mass is 9.94. The fourth-order valence-electron chi connectivity index (χ4n) is 3.23. The molecule has 0 unspecified atom stereocenters. The van der Waals surface area contributed by atoms with Gasteiger partial charge >= 0.3 is 0 Å². The maximum Gasteiger partial charge on any atom is 0.279 e. The van der Waals surface area contributed by atoms with Gasteiger partial charge in [-0.3, -0.25) is 19.9 Å². The summed E-state index contributed by atoms with van der Waals surface area (Å²) in [6, 6.07) is 7.81. The summed E-state index contributed by atoms with van der Waals surface area (Å²) in [6.07, 6.45) is 1.42. The summed E-state index contributed by atoms with van der Waals surface area (Å²) in [5, 5.41) is 35.7. The monoisotopic (exact) mass is 425 g/mol. The van der Waals surface area contributed by atoms with Gasteiger partial charge in [0, 0.05) is 23.7 Å². The molecule has 9 nitrogen and oxygen atoms in total. The van der Waals surface area contributed by atoms with Gasteiger partial charge in [-0.25, -0.2) is 0 Å². The number of nitro benzene ring substituents is 1. The Labute approximate surface area is 178 Å². The third kappa shape index (κ3) is 4.35. The highest BCUT2D eigenvalue weighted by molar-refractivity contribution is 5.94. The van der Waals surface area contributed by atoms with E-state index in [1.807, 2.05) is 0 Å². The number of rotatable bonds is 7. The lowest BCUT2D eigenvalue weighted by Crippen LogP contribution is -2.32. The van der Waals surface area contributed by atoms with Crippen molar-refractivity contribution in [1.82, 2.24) is 10.3 Å². The van der Waals surface area contributed by atoms with Gasteiger partial charge in [-0.05, 0) is 36.8 Å². The maximum absolute atomic E-state index is 12.5. The number of hydrogen-bond donors (Lipinski definition) is 3. The van der Waals surface area contributed by atoms with Crippen LogP contribution in [-0.4, -0.2) is 32.6 Å². The van der Waals surface area contributed by atoms with Crippen LogP contribution in [0.25, 0.3) is 10.9 Å². The number of phenols is 2. The number of ether oxygens (including phenoxy) is 1. The van der Waals surface area contributed by atoms with Crippen molar-refractivity contribution in [2.24, 2.45) is 5.92 Å². The van der Waals surface area contributed by atoms with Gasteiger partial charge in [-0.15, -0.1) is 0 Å². The standard InChI is InChI=1S/C22H23N3O6/c1-4-31-18-10-13(7-8-17(18)26)19(24-22(28)12(2)3)15-11-16(25(29)30)14-6-5-9-23-20(14)21(15)27/h5-12,19,26-27H,4H2,1-3H3,(H,24,28)/t19-/m1/s1. The number of nitro groups is 1. The van der Waals surface area contributed by atoms with E-state index in [9.17, 15) is 25.1 Å². The number of nitrogens with zero attached hydrogens (tertiary/aromatic N) is 2. The van der Waals surface area contributed by atoms with E-state index in [4.69, 9.17) is 4.74 Å². The predicted octanol–water partition coefficient (Wildman–Crippen LogP) is 3.81. The molecule has 0 spiro atoms. The van der Waals surface area contributed by atoms with Crippen LogP contribution in [0.5, 0.6) is 17.2 Å². The van der Waals surface area contributed by atoms with Gasteiger partial charge in [0.25, 0.3) is 5.69 Å². The number of nitrogens with one attached hydrogen (secondary N) is 1. The first-order valence-electron chi connectivity index (χ1n) is 9.75. The highest BCUT2D eigenvalue weighted by atomic mass is 16.6. The molecule has 31 heavy (non-hydrogen) atoms. The van der Waals surface area contributed by atoms with Crippen molar-refractivity contribution < 1.29 is 24.7 Å². The molecule has 1 atom stereocenters. The minimum absolute atomic E-state index is 0.0549. The van der Waals surface area contributed by atoms with Crippen LogP contribution in [0.1, 0.15) is 37.9 Å². The van der Waals surface area contributed by atoms with Crippen LogP contribution in [0.2, 0.25) is 0 Å². The first kappa shape index (κ1) is 21.8. The lowest BCUT2D eigenvalue weighted by Gasteiger charge is -2.23. The average molecular weight is 425 g/mol. The molecule has 0 radical (unpaired) electrons. The molecule has 3 aromatic rings. The van der Waals surface area contributed by atoms with Crippen molar-refractivity contribution in [3.63, 3.8) is 0 Å². The second kappa shape index (κ2) is 8.86.